The Morgan fingerprint density at radius 2 is 1.50 bits per heavy atom. The molecule has 2 N–H and O–H groups in total. The highest BCUT2D eigenvalue weighted by Crippen LogP contribution is 2.34. The molecule has 62 heavy (non-hydrogen) atoms. The van der Waals surface area contributed by atoms with E-state index in [4.69, 9.17) is 14.2 Å². The lowest BCUT2D eigenvalue weighted by Crippen LogP contribution is -2.54. The van der Waals surface area contributed by atoms with E-state index < -0.39 is 50.6 Å². The Morgan fingerprint density at radius 3 is 2.02 bits per heavy atom. The first-order valence-electron chi connectivity index (χ1n) is 23.1. The van der Waals surface area contributed by atoms with Gasteiger partial charge in [-0.2, -0.15) is 0 Å². The molecule has 10 atom stereocenters. The van der Waals surface area contributed by atoms with Gasteiger partial charge in [-0.05, 0) is 75.8 Å². The standard InChI is InChI=1S/C48H84N4O9Si/c1-16-33(6)44(51(11)47(56)37(31(2)3)29-40(54)43(32(4)5)50(9)10)41(59-12)30-42(55)52-26-20-24-38(52)46(60-13)35(8)39(53)28-34(7)45(36-22-18-17-19-23-36)61-48(57)49-25-21-27-62(14,15)58/h17-19,22-23,31-35,37-38,41,43-46,58H,16,20-21,24-30H2,1-15H3,(H,49,57)/t33-,34-,35-,37-,38-,41+,43-,44-,45+,46+/m0/s1. The highest BCUT2D eigenvalue weighted by molar-refractivity contribution is 6.69. The van der Waals surface area contributed by atoms with Crippen molar-refractivity contribution in [2.45, 2.75) is 156 Å². The summed E-state index contributed by atoms with van der Waals surface area (Å²) in [6.07, 6.45) is 0.671. The van der Waals surface area contributed by atoms with Gasteiger partial charge in [-0.15, -0.1) is 0 Å². The first-order chi connectivity index (χ1) is 29.0. The average molecular weight is 889 g/mol. The molecule has 0 spiro atoms. The van der Waals surface area contributed by atoms with Crippen molar-refractivity contribution in [3.05, 3.63) is 35.9 Å². The molecule has 1 heterocycles. The number of benzene rings is 1. The minimum atomic E-state index is -2.23. The number of ketones is 2. The number of ether oxygens (including phenoxy) is 3. The number of methoxy groups -OCH3 is 2. The molecule has 1 aromatic rings. The predicted octanol–water partition coefficient (Wildman–Crippen LogP) is 7.37. The third-order valence-corrected chi connectivity index (χ3v) is 14.6. The summed E-state index contributed by atoms with van der Waals surface area (Å²) in [4.78, 5) is 85.1. The molecule has 1 fully saturated rings. The number of hydrogen-bond donors (Lipinski definition) is 2. The van der Waals surface area contributed by atoms with Crippen LogP contribution < -0.4 is 5.32 Å². The van der Waals surface area contributed by atoms with E-state index >= 15 is 0 Å². The number of nitrogens with one attached hydrogen (secondary N) is 1. The highest BCUT2D eigenvalue weighted by Gasteiger charge is 2.43. The lowest BCUT2D eigenvalue weighted by molar-refractivity contribution is -0.149. The number of likely N-dealkylation sites (N-methyl/N-ethyl adjacent to an activating group) is 2. The van der Waals surface area contributed by atoms with E-state index in [1.807, 2.05) is 109 Å². The fourth-order valence-corrected chi connectivity index (χ4v) is 10.5. The number of carbonyl (C=O) groups excluding carboxylic acids is 5. The highest BCUT2D eigenvalue weighted by atomic mass is 28.4. The summed E-state index contributed by atoms with van der Waals surface area (Å²) >= 11 is 0. The van der Waals surface area contributed by atoms with Crippen molar-refractivity contribution in [2.24, 2.45) is 35.5 Å². The van der Waals surface area contributed by atoms with Gasteiger partial charge in [0.1, 0.15) is 11.9 Å². The van der Waals surface area contributed by atoms with Crippen molar-refractivity contribution in [3.63, 3.8) is 0 Å². The van der Waals surface area contributed by atoms with Crippen molar-refractivity contribution in [1.82, 2.24) is 20.0 Å². The molecule has 1 aliphatic rings. The number of alkyl carbamates (subject to hydrolysis) is 1. The first kappa shape index (κ1) is 55.0. The maximum absolute atomic E-state index is 14.4. The number of carbonyl (C=O) groups is 5. The zero-order valence-electron chi connectivity index (χ0n) is 40.9. The molecule has 1 saturated heterocycles. The molecule has 13 nitrogen and oxygen atoms in total. The van der Waals surface area contributed by atoms with E-state index in [2.05, 4.69) is 19.2 Å². The number of likely N-dealkylation sites (tertiary alicyclic amines) is 1. The Morgan fingerprint density at radius 1 is 0.871 bits per heavy atom. The van der Waals surface area contributed by atoms with Gasteiger partial charge in [0.25, 0.3) is 0 Å². The van der Waals surface area contributed by atoms with Gasteiger partial charge in [0.15, 0.2) is 14.1 Å². The maximum atomic E-state index is 14.4. The quantitative estimate of drug-likeness (QED) is 0.0676. The Hall–Kier alpha value is -3.17. The van der Waals surface area contributed by atoms with E-state index in [1.54, 1.807) is 26.2 Å². The van der Waals surface area contributed by atoms with Gasteiger partial charge >= 0.3 is 6.09 Å². The fourth-order valence-electron chi connectivity index (χ4n) is 9.44. The lowest BCUT2D eigenvalue weighted by atomic mass is 9.83. The molecule has 1 aliphatic heterocycles. The van der Waals surface area contributed by atoms with E-state index in [0.717, 1.165) is 18.4 Å². The number of Topliss-reactive ketones (excluding diaryl/α,β-unsaturated/α-hetero) is 2. The zero-order chi connectivity index (χ0) is 47.1. The van der Waals surface area contributed by atoms with Crippen LogP contribution in [0.3, 0.4) is 0 Å². The molecule has 1 aromatic carbocycles. The van der Waals surface area contributed by atoms with Gasteiger partial charge in [-0.25, -0.2) is 4.79 Å². The summed E-state index contributed by atoms with van der Waals surface area (Å²) in [5, 5.41) is 2.80. The lowest BCUT2D eigenvalue weighted by Gasteiger charge is -2.41. The third kappa shape index (κ3) is 16.1. The van der Waals surface area contributed by atoms with Crippen LogP contribution in [-0.4, -0.2) is 136 Å². The van der Waals surface area contributed by atoms with Crippen LogP contribution in [-0.2, 0) is 33.4 Å². The summed E-state index contributed by atoms with van der Waals surface area (Å²) in [6.45, 7) is 20.5. The number of rotatable bonds is 27. The second-order valence-electron chi connectivity index (χ2n) is 19.5. The minimum absolute atomic E-state index is 0.00827. The Kier molecular flexibility index (Phi) is 23.0. The van der Waals surface area contributed by atoms with E-state index in [1.165, 1.54) is 0 Å². The van der Waals surface area contributed by atoms with E-state index in [0.29, 0.717) is 32.0 Å². The van der Waals surface area contributed by atoms with Gasteiger partial charge in [0.05, 0.1) is 36.8 Å². The van der Waals surface area contributed by atoms with Gasteiger partial charge in [-0.1, -0.05) is 92.1 Å². The van der Waals surface area contributed by atoms with Crippen LogP contribution in [0.25, 0.3) is 0 Å². The predicted molar refractivity (Wildman–Crippen MR) is 248 cm³/mol. The molecule has 354 valence electrons. The second-order valence-corrected chi connectivity index (χ2v) is 23.6. The average Bonchev–Trinajstić information content (AvgIpc) is 3.69. The molecule has 0 bridgehead atoms. The summed E-state index contributed by atoms with van der Waals surface area (Å²) in [5.41, 5.74) is 0.781. The molecule has 0 unspecified atom stereocenters. The van der Waals surface area contributed by atoms with Crippen LogP contribution in [0.15, 0.2) is 30.3 Å². The molecular weight excluding hydrogens is 805 g/mol. The molecule has 3 amide bonds. The monoisotopic (exact) mass is 889 g/mol. The number of amides is 3. The largest absolute Gasteiger partial charge is 0.441 e. The van der Waals surface area contributed by atoms with Crippen molar-refractivity contribution in [1.29, 1.82) is 0 Å². The van der Waals surface area contributed by atoms with Crippen LogP contribution in [0.1, 0.15) is 112 Å². The van der Waals surface area contributed by atoms with Crippen molar-refractivity contribution >= 4 is 37.8 Å². The Balaban J connectivity index is 2.26. The summed E-state index contributed by atoms with van der Waals surface area (Å²) in [6, 6.07) is 8.98. The van der Waals surface area contributed by atoms with Gasteiger partial charge in [-0.3, -0.25) is 24.1 Å². The van der Waals surface area contributed by atoms with Crippen LogP contribution in [0.4, 0.5) is 4.79 Å². The molecule has 0 aliphatic carbocycles. The number of nitrogens with zero attached hydrogens (tertiary/aromatic N) is 3. The summed E-state index contributed by atoms with van der Waals surface area (Å²) < 4.78 is 18.1. The SMILES string of the molecule is CC[C@H](C)[C@@H]([C@@H](CC(=O)N1CCC[C@H]1[C@H](OC)[C@@H](C)C(=O)C[C@H](C)[C@@H](OC(=O)NCCC[Si](C)(C)O)c1ccccc1)OC)N(C)C(=O)[C@@H](CC(=O)[C@H](C(C)C)N(C)C)C(C)C. The van der Waals surface area contributed by atoms with Crippen molar-refractivity contribution in [2.75, 3.05) is 48.5 Å². The molecular formula is C48H84N4O9Si. The van der Waals surface area contributed by atoms with E-state index in [-0.39, 0.29) is 78.4 Å². The first-order valence-corrected chi connectivity index (χ1v) is 26.2. The summed E-state index contributed by atoms with van der Waals surface area (Å²) in [7, 11) is 6.49. The number of hydrogen-bond acceptors (Lipinski definition) is 10. The van der Waals surface area contributed by atoms with Crippen molar-refractivity contribution in [3.8, 4) is 0 Å². The topological polar surface area (TPSA) is 155 Å². The smallest absolute Gasteiger partial charge is 0.407 e. The molecule has 2 rings (SSSR count). The molecule has 0 aromatic heterocycles. The van der Waals surface area contributed by atoms with Crippen LogP contribution in [0.5, 0.6) is 0 Å². The van der Waals surface area contributed by atoms with Crippen molar-refractivity contribution < 1.29 is 43.0 Å². The Bertz CT molecular complexity index is 1550. The van der Waals surface area contributed by atoms with Gasteiger partial charge in [0.2, 0.25) is 11.8 Å². The van der Waals surface area contributed by atoms with Gasteiger partial charge < -0.3 is 34.1 Å². The fraction of sp³-hybridized carbons (Fsp3) is 0.771. The third-order valence-electron chi connectivity index (χ3n) is 13.1. The molecule has 0 saturated carbocycles. The zero-order valence-corrected chi connectivity index (χ0v) is 41.9. The summed E-state index contributed by atoms with van der Waals surface area (Å²) in [5.74, 6) is -1.70. The second kappa shape index (κ2) is 26.0. The van der Waals surface area contributed by atoms with Crippen LogP contribution in [0, 0.1) is 35.5 Å². The molecule has 14 heteroatoms. The van der Waals surface area contributed by atoms with Crippen LogP contribution >= 0.6 is 0 Å². The minimum Gasteiger partial charge on any atom is -0.441 e. The van der Waals surface area contributed by atoms with Crippen LogP contribution in [0.2, 0.25) is 19.1 Å². The molecule has 0 radical (unpaired) electrons. The van der Waals surface area contributed by atoms with Gasteiger partial charge in [0, 0.05) is 65.0 Å². The normalized spacial score (nSPS) is 19.0. The maximum Gasteiger partial charge on any atom is 0.407 e. The Labute approximate surface area is 375 Å². The van der Waals surface area contributed by atoms with E-state index in [9.17, 15) is 28.8 Å².